The third-order valence-corrected chi connectivity index (χ3v) is 1.97. The van der Waals surface area contributed by atoms with E-state index in [0.717, 1.165) is 11.1 Å². The standard InChI is InChI=1S/C11H12O2/c1-7-6-10(4-5-11(7)13)8(2)9(3)12/h4-6,13H,2H2,1,3H3. The number of Topliss-reactive ketones (excluding diaryl/α,β-unsaturated/α-hetero) is 1. The summed E-state index contributed by atoms with van der Waals surface area (Å²) in [7, 11) is 0. The van der Waals surface area contributed by atoms with Crippen molar-refractivity contribution in [3.05, 3.63) is 35.9 Å². The minimum Gasteiger partial charge on any atom is -0.508 e. The molecule has 1 aromatic carbocycles. The van der Waals surface area contributed by atoms with Crippen molar-refractivity contribution >= 4 is 11.4 Å². The summed E-state index contributed by atoms with van der Waals surface area (Å²) in [5.74, 6) is 0.185. The van der Waals surface area contributed by atoms with Crippen LogP contribution in [0.1, 0.15) is 18.1 Å². The molecule has 0 radical (unpaired) electrons. The van der Waals surface area contributed by atoms with Crippen molar-refractivity contribution < 1.29 is 9.90 Å². The van der Waals surface area contributed by atoms with E-state index in [9.17, 15) is 9.90 Å². The van der Waals surface area contributed by atoms with Crippen LogP contribution in [0.3, 0.4) is 0 Å². The second-order valence-corrected chi connectivity index (χ2v) is 3.04. The van der Waals surface area contributed by atoms with Gasteiger partial charge in [-0.15, -0.1) is 0 Å². The van der Waals surface area contributed by atoms with Gasteiger partial charge in [-0.25, -0.2) is 0 Å². The number of carbonyl (C=O) groups is 1. The van der Waals surface area contributed by atoms with Gasteiger partial charge in [-0.2, -0.15) is 0 Å². The molecule has 0 atom stereocenters. The van der Waals surface area contributed by atoms with Crippen LogP contribution in [0.25, 0.3) is 5.57 Å². The Morgan fingerprint density at radius 3 is 2.54 bits per heavy atom. The van der Waals surface area contributed by atoms with Gasteiger partial charge in [-0.1, -0.05) is 12.6 Å². The lowest BCUT2D eigenvalue weighted by Crippen LogP contribution is -1.94. The smallest absolute Gasteiger partial charge is 0.159 e. The summed E-state index contributed by atoms with van der Waals surface area (Å²) in [6.07, 6.45) is 0. The van der Waals surface area contributed by atoms with Crippen molar-refractivity contribution in [1.82, 2.24) is 0 Å². The summed E-state index contributed by atoms with van der Waals surface area (Å²) >= 11 is 0. The number of allylic oxidation sites excluding steroid dienone is 1. The molecule has 0 spiro atoms. The average molecular weight is 176 g/mol. The van der Waals surface area contributed by atoms with Crippen LogP contribution in [0.5, 0.6) is 5.75 Å². The zero-order valence-corrected chi connectivity index (χ0v) is 7.79. The summed E-state index contributed by atoms with van der Waals surface area (Å²) in [5, 5.41) is 9.25. The van der Waals surface area contributed by atoms with Crippen molar-refractivity contribution in [2.24, 2.45) is 0 Å². The second kappa shape index (κ2) is 3.44. The highest BCUT2D eigenvalue weighted by molar-refractivity contribution is 6.18. The van der Waals surface area contributed by atoms with Crippen LogP contribution < -0.4 is 0 Å². The number of benzene rings is 1. The number of hydrogen-bond acceptors (Lipinski definition) is 2. The third kappa shape index (κ3) is 1.96. The first-order chi connectivity index (χ1) is 6.02. The molecule has 0 aromatic heterocycles. The molecule has 1 rings (SSSR count). The first-order valence-electron chi connectivity index (χ1n) is 4.02. The van der Waals surface area contributed by atoms with Crippen LogP contribution >= 0.6 is 0 Å². The van der Waals surface area contributed by atoms with Crippen molar-refractivity contribution in [1.29, 1.82) is 0 Å². The van der Waals surface area contributed by atoms with Crippen molar-refractivity contribution in [3.63, 3.8) is 0 Å². The summed E-state index contributed by atoms with van der Waals surface area (Å²) in [5.41, 5.74) is 1.99. The number of carbonyl (C=O) groups excluding carboxylic acids is 1. The van der Waals surface area contributed by atoms with E-state index in [2.05, 4.69) is 6.58 Å². The maximum atomic E-state index is 11.0. The maximum Gasteiger partial charge on any atom is 0.159 e. The molecule has 0 aliphatic rings. The van der Waals surface area contributed by atoms with Gasteiger partial charge in [0.2, 0.25) is 0 Å². The van der Waals surface area contributed by atoms with Crippen LogP contribution in [0.4, 0.5) is 0 Å². The molecule has 1 N–H and O–H groups in total. The molecule has 0 bridgehead atoms. The molecular formula is C11H12O2. The highest BCUT2D eigenvalue weighted by Gasteiger charge is 2.05. The molecule has 0 amide bonds. The van der Waals surface area contributed by atoms with Crippen LogP contribution in [0.2, 0.25) is 0 Å². The van der Waals surface area contributed by atoms with Gasteiger partial charge < -0.3 is 5.11 Å². The summed E-state index contributed by atoms with van der Waals surface area (Å²) in [4.78, 5) is 11.0. The predicted octanol–water partition coefficient (Wildman–Crippen LogP) is 2.30. The van der Waals surface area contributed by atoms with Crippen LogP contribution in [-0.2, 0) is 4.79 Å². The fourth-order valence-electron chi connectivity index (χ4n) is 1.05. The molecular weight excluding hydrogens is 164 g/mol. The van der Waals surface area contributed by atoms with Gasteiger partial charge in [0.1, 0.15) is 5.75 Å². The fraction of sp³-hybridized carbons (Fsp3) is 0.182. The van der Waals surface area contributed by atoms with Gasteiger partial charge in [0.05, 0.1) is 0 Å². The first kappa shape index (κ1) is 9.52. The minimum atomic E-state index is -0.0508. The Kier molecular flexibility index (Phi) is 2.52. The van der Waals surface area contributed by atoms with E-state index in [4.69, 9.17) is 0 Å². The molecule has 0 saturated carbocycles. The number of phenols is 1. The molecule has 0 unspecified atom stereocenters. The topological polar surface area (TPSA) is 37.3 Å². The summed E-state index contributed by atoms with van der Waals surface area (Å²) in [6.45, 7) is 6.92. The number of rotatable bonds is 2. The van der Waals surface area contributed by atoms with Gasteiger partial charge in [-0.05, 0) is 37.1 Å². The Labute approximate surface area is 77.5 Å². The lowest BCUT2D eigenvalue weighted by molar-refractivity contribution is -0.111. The minimum absolute atomic E-state index is 0.0508. The van der Waals surface area contributed by atoms with E-state index in [-0.39, 0.29) is 11.5 Å². The quantitative estimate of drug-likeness (QED) is 0.702. The monoisotopic (exact) mass is 176 g/mol. The van der Waals surface area contributed by atoms with E-state index in [0.29, 0.717) is 5.57 Å². The molecule has 0 saturated heterocycles. The Morgan fingerprint density at radius 2 is 2.08 bits per heavy atom. The van der Waals surface area contributed by atoms with E-state index in [1.165, 1.54) is 6.92 Å². The second-order valence-electron chi connectivity index (χ2n) is 3.04. The maximum absolute atomic E-state index is 11.0. The lowest BCUT2D eigenvalue weighted by atomic mass is 10.0. The number of aryl methyl sites for hydroxylation is 1. The van der Waals surface area contributed by atoms with Gasteiger partial charge in [0.25, 0.3) is 0 Å². The first-order valence-corrected chi connectivity index (χ1v) is 4.02. The van der Waals surface area contributed by atoms with Gasteiger partial charge >= 0.3 is 0 Å². The molecule has 2 heteroatoms. The Hall–Kier alpha value is -1.57. The molecule has 2 nitrogen and oxygen atoms in total. The van der Waals surface area contributed by atoms with Crippen LogP contribution in [0, 0.1) is 6.92 Å². The zero-order valence-electron chi connectivity index (χ0n) is 7.79. The van der Waals surface area contributed by atoms with Crippen molar-refractivity contribution in [2.75, 3.05) is 0 Å². The number of phenolic OH excluding ortho intramolecular Hbond substituents is 1. The molecule has 0 aliphatic heterocycles. The third-order valence-electron chi connectivity index (χ3n) is 1.97. The Balaban J connectivity index is 3.11. The van der Waals surface area contributed by atoms with Crippen LogP contribution in [0.15, 0.2) is 24.8 Å². The lowest BCUT2D eigenvalue weighted by Gasteiger charge is -2.04. The fourth-order valence-corrected chi connectivity index (χ4v) is 1.05. The molecule has 0 heterocycles. The van der Waals surface area contributed by atoms with Gasteiger partial charge in [0, 0.05) is 5.57 Å². The summed E-state index contributed by atoms with van der Waals surface area (Å²) < 4.78 is 0. The largest absolute Gasteiger partial charge is 0.508 e. The number of hydrogen-bond donors (Lipinski definition) is 1. The number of aromatic hydroxyl groups is 1. The number of ketones is 1. The van der Waals surface area contributed by atoms with E-state index < -0.39 is 0 Å². The molecule has 1 aromatic rings. The summed E-state index contributed by atoms with van der Waals surface area (Å²) in [6, 6.07) is 5.00. The van der Waals surface area contributed by atoms with Gasteiger partial charge in [-0.3, -0.25) is 4.79 Å². The van der Waals surface area contributed by atoms with Crippen molar-refractivity contribution in [3.8, 4) is 5.75 Å². The molecule has 0 fully saturated rings. The van der Waals surface area contributed by atoms with E-state index >= 15 is 0 Å². The Bertz CT molecular complexity index is 364. The average Bonchev–Trinajstić information content (AvgIpc) is 2.08. The highest BCUT2D eigenvalue weighted by Crippen LogP contribution is 2.21. The van der Waals surface area contributed by atoms with E-state index in [1.54, 1.807) is 25.1 Å². The molecule has 0 aliphatic carbocycles. The predicted molar refractivity (Wildman–Crippen MR) is 52.6 cm³/mol. The SMILES string of the molecule is C=C(C(C)=O)c1ccc(O)c(C)c1. The normalized spacial score (nSPS) is 9.69. The van der Waals surface area contributed by atoms with Crippen LogP contribution in [-0.4, -0.2) is 10.9 Å². The Morgan fingerprint density at radius 1 is 1.46 bits per heavy atom. The highest BCUT2D eigenvalue weighted by atomic mass is 16.3. The van der Waals surface area contributed by atoms with E-state index in [1.807, 2.05) is 0 Å². The van der Waals surface area contributed by atoms with Crippen molar-refractivity contribution in [2.45, 2.75) is 13.8 Å². The van der Waals surface area contributed by atoms with Gasteiger partial charge in [0.15, 0.2) is 5.78 Å². The molecule has 13 heavy (non-hydrogen) atoms. The molecule has 68 valence electrons. The zero-order chi connectivity index (χ0) is 10.0.